The van der Waals surface area contributed by atoms with Gasteiger partial charge in [0.05, 0.1) is 12.7 Å². The second kappa shape index (κ2) is 6.61. The van der Waals surface area contributed by atoms with Gasteiger partial charge in [-0.2, -0.15) is 5.10 Å². The van der Waals surface area contributed by atoms with Gasteiger partial charge in [-0.05, 0) is 24.1 Å². The van der Waals surface area contributed by atoms with Crippen LogP contribution in [0.15, 0.2) is 35.3 Å². The van der Waals surface area contributed by atoms with E-state index < -0.39 is 0 Å². The van der Waals surface area contributed by atoms with Gasteiger partial charge in [-0.1, -0.05) is 30.7 Å². The minimum atomic E-state index is 0.0218. The molecule has 2 aromatic heterocycles. The summed E-state index contributed by atoms with van der Waals surface area (Å²) in [5, 5.41) is 5.68. The molecule has 0 saturated heterocycles. The first-order valence-electron chi connectivity index (χ1n) is 8.57. The van der Waals surface area contributed by atoms with E-state index in [-0.39, 0.29) is 5.56 Å². The van der Waals surface area contributed by atoms with E-state index in [1.165, 1.54) is 5.56 Å². The molecular weight excluding hydrogens is 338 g/mol. The summed E-state index contributed by atoms with van der Waals surface area (Å²) in [4.78, 5) is 19.8. The van der Waals surface area contributed by atoms with Crippen LogP contribution in [0, 0.1) is 0 Å². The number of hydrogen-bond acceptors (Lipinski definition) is 4. The van der Waals surface area contributed by atoms with Crippen LogP contribution in [0.4, 0.5) is 0 Å². The Balaban J connectivity index is 1.64. The molecule has 4 rings (SSSR count). The maximum atomic E-state index is 12.7. The molecule has 0 atom stereocenters. The minimum absolute atomic E-state index is 0.0218. The Hall–Kier alpha value is -2.18. The first-order chi connectivity index (χ1) is 12.2. The molecule has 7 heteroatoms. The molecule has 0 spiro atoms. The van der Waals surface area contributed by atoms with E-state index in [9.17, 15) is 4.79 Å². The van der Waals surface area contributed by atoms with Gasteiger partial charge in [-0.15, -0.1) is 0 Å². The highest BCUT2D eigenvalue weighted by Crippen LogP contribution is 2.17. The average molecular weight is 358 g/mol. The molecule has 0 unspecified atom stereocenters. The van der Waals surface area contributed by atoms with Crippen molar-refractivity contribution >= 4 is 22.6 Å². The van der Waals surface area contributed by atoms with Crippen molar-refractivity contribution in [3.8, 4) is 0 Å². The van der Waals surface area contributed by atoms with Crippen LogP contribution in [0.25, 0.3) is 11.0 Å². The van der Waals surface area contributed by atoms with Crippen LogP contribution in [0.3, 0.4) is 0 Å². The zero-order valence-corrected chi connectivity index (χ0v) is 14.9. The van der Waals surface area contributed by atoms with E-state index in [0.717, 1.165) is 36.9 Å². The highest BCUT2D eigenvalue weighted by atomic mass is 35.5. The fraction of sp³-hybridized carbons (Fsp3) is 0.389. The SMILES string of the molecule is CCCn1ncc2c(=O)n3c(nc21)CN(Cc1ccc(Cl)cc1)CC3. The van der Waals surface area contributed by atoms with Gasteiger partial charge in [0.2, 0.25) is 0 Å². The Morgan fingerprint density at radius 1 is 1.20 bits per heavy atom. The second-order valence-corrected chi connectivity index (χ2v) is 6.86. The van der Waals surface area contributed by atoms with E-state index in [4.69, 9.17) is 16.6 Å². The van der Waals surface area contributed by atoms with Crippen LogP contribution in [-0.4, -0.2) is 30.8 Å². The topological polar surface area (TPSA) is 56.0 Å². The first kappa shape index (κ1) is 16.3. The number of aryl methyl sites for hydroxylation is 1. The van der Waals surface area contributed by atoms with E-state index in [0.29, 0.717) is 24.1 Å². The van der Waals surface area contributed by atoms with Crippen molar-refractivity contribution in [2.75, 3.05) is 6.54 Å². The van der Waals surface area contributed by atoms with E-state index in [2.05, 4.69) is 16.9 Å². The molecule has 1 aliphatic heterocycles. The van der Waals surface area contributed by atoms with Crippen LogP contribution in [0.5, 0.6) is 0 Å². The third kappa shape index (κ3) is 3.07. The second-order valence-electron chi connectivity index (χ2n) is 6.43. The van der Waals surface area contributed by atoms with Gasteiger partial charge in [0.25, 0.3) is 5.56 Å². The summed E-state index contributed by atoms with van der Waals surface area (Å²) in [5.74, 6) is 0.815. The first-order valence-corrected chi connectivity index (χ1v) is 8.95. The lowest BCUT2D eigenvalue weighted by Gasteiger charge is -2.29. The monoisotopic (exact) mass is 357 g/mol. The molecule has 0 fully saturated rings. The van der Waals surface area contributed by atoms with Crippen LogP contribution < -0.4 is 5.56 Å². The highest BCUT2D eigenvalue weighted by Gasteiger charge is 2.21. The molecule has 130 valence electrons. The molecule has 25 heavy (non-hydrogen) atoms. The number of hydrogen-bond donors (Lipinski definition) is 0. The van der Waals surface area contributed by atoms with Crippen molar-refractivity contribution < 1.29 is 0 Å². The number of rotatable bonds is 4. The third-order valence-corrected chi connectivity index (χ3v) is 4.85. The summed E-state index contributed by atoms with van der Waals surface area (Å²) in [6.45, 7) is 5.82. The molecule has 0 aliphatic carbocycles. The van der Waals surface area contributed by atoms with Gasteiger partial charge in [-0.3, -0.25) is 14.3 Å². The average Bonchev–Trinajstić information content (AvgIpc) is 3.01. The predicted molar refractivity (Wildman–Crippen MR) is 97.6 cm³/mol. The molecule has 0 N–H and O–H groups in total. The molecule has 0 radical (unpaired) electrons. The van der Waals surface area contributed by atoms with Crippen molar-refractivity contribution in [3.05, 3.63) is 57.2 Å². The third-order valence-electron chi connectivity index (χ3n) is 4.59. The Morgan fingerprint density at radius 3 is 2.76 bits per heavy atom. The standard InChI is InChI=1S/C18H20ClN5O/c1-2-7-24-17-15(10-20-24)18(25)23-9-8-22(12-16(23)21-17)11-13-3-5-14(19)6-4-13/h3-6,10H,2,7-9,11-12H2,1H3. The number of nitrogens with zero attached hydrogens (tertiary/aromatic N) is 5. The maximum Gasteiger partial charge on any atom is 0.264 e. The summed E-state index contributed by atoms with van der Waals surface area (Å²) in [6, 6.07) is 7.89. The highest BCUT2D eigenvalue weighted by molar-refractivity contribution is 6.30. The molecule has 1 aliphatic rings. The summed E-state index contributed by atoms with van der Waals surface area (Å²) in [5.41, 5.74) is 1.93. The fourth-order valence-electron chi connectivity index (χ4n) is 3.32. The Kier molecular flexibility index (Phi) is 4.31. The zero-order valence-electron chi connectivity index (χ0n) is 14.2. The summed E-state index contributed by atoms with van der Waals surface area (Å²) in [6.07, 6.45) is 2.60. The minimum Gasteiger partial charge on any atom is -0.294 e. The predicted octanol–water partition coefficient (Wildman–Crippen LogP) is 2.67. The number of aromatic nitrogens is 4. The van der Waals surface area contributed by atoms with Gasteiger partial charge in [0, 0.05) is 31.2 Å². The molecule has 1 aromatic carbocycles. The van der Waals surface area contributed by atoms with Crippen LogP contribution in [0.1, 0.15) is 24.7 Å². The lowest BCUT2D eigenvalue weighted by molar-refractivity contribution is 0.204. The number of fused-ring (bicyclic) bond motifs is 2. The van der Waals surface area contributed by atoms with Crippen LogP contribution in [-0.2, 0) is 26.2 Å². The number of benzene rings is 1. The Labute approximate surface area is 150 Å². The molecular formula is C18H20ClN5O. The summed E-state index contributed by atoms with van der Waals surface area (Å²) in [7, 11) is 0. The van der Waals surface area contributed by atoms with Gasteiger partial charge in [0.15, 0.2) is 5.65 Å². The van der Waals surface area contributed by atoms with Gasteiger partial charge >= 0.3 is 0 Å². The molecule has 6 nitrogen and oxygen atoms in total. The molecule has 3 heterocycles. The molecule has 3 aromatic rings. The van der Waals surface area contributed by atoms with Gasteiger partial charge in [-0.25, -0.2) is 9.67 Å². The van der Waals surface area contributed by atoms with Crippen molar-refractivity contribution in [2.45, 2.75) is 39.5 Å². The smallest absolute Gasteiger partial charge is 0.264 e. The van der Waals surface area contributed by atoms with Crippen molar-refractivity contribution in [1.82, 2.24) is 24.2 Å². The largest absolute Gasteiger partial charge is 0.294 e. The van der Waals surface area contributed by atoms with E-state index >= 15 is 0 Å². The lowest BCUT2D eigenvalue weighted by Crippen LogP contribution is -2.39. The normalized spacial score (nSPS) is 14.8. The van der Waals surface area contributed by atoms with E-state index in [1.54, 1.807) is 10.8 Å². The number of halogens is 1. The fourth-order valence-corrected chi connectivity index (χ4v) is 3.45. The van der Waals surface area contributed by atoms with E-state index in [1.807, 2.05) is 28.9 Å². The van der Waals surface area contributed by atoms with Crippen molar-refractivity contribution in [1.29, 1.82) is 0 Å². The Morgan fingerprint density at radius 2 is 2.00 bits per heavy atom. The van der Waals surface area contributed by atoms with Crippen molar-refractivity contribution in [2.24, 2.45) is 0 Å². The van der Waals surface area contributed by atoms with Crippen LogP contribution >= 0.6 is 11.6 Å². The summed E-state index contributed by atoms with van der Waals surface area (Å²) >= 11 is 5.95. The van der Waals surface area contributed by atoms with Gasteiger partial charge in [0.1, 0.15) is 11.2 Å². The summed E-state index contributed by atoms with van der Waals surface area (Å²) < 4.78 is 3.62. The lowest BCUT2D eigenvalue weighted by atomic mass is 10.2. The zero-order chi connectivity index (χ0) is 17.4. The Bertz CT molecular complexity index is 960. The molecule has 0 bridgehead atoms. The van der Waals surface area contributed by atoms with Crippen LogP contribution in [0.2, 0.25) is 5.02 Å². The maximum absolute atomic E-state index is 12.7. The molecule has 0 saturated carbocycles. The van der Waals surface area contributed by atoms with Gasteiger partial charge < -0.3 is 0 Å². The molecule has 0 amide bonds. The quantitative estimate of drug-likeness (QED) is 0.720. The van der Waals surface area contributed by atoms with Crippen molar-refractivity contribution in [3.63, 3.8) is 0 Å².